The average Bonchev–Trinajstić information content (AvgIpc) is 3.08. The number of hydrogen-bond acceptors (Lipinski definition) is 3. The van der Waals surface area contributed by atoms with Crippen LogP contribution in [0.3, 0.4) is 0 Å². The lowest BCUT2D eigenvalue weighted by atomic mass is 9.68. The highest BCUT2D eigenvalue weighted by Crippen LogP contribution is 2.48. The molecule has 0 radical (unpaired) electrons. The van der Waals surface area contributed by atoms with Crippen LogP contribution in [-0.2, 0) is 16.9 Å². The van der Waals surface area contributed by atoms with Crippen molar-refractivity contribution in [3.8, 4) is 0 Å². The van der Waals surface area contributed by atoms with Gasteiger partial charge < -0.3 is 5.32 Å². The smallest absolute Gasteiger partial charge is 0.322 e. The number of pyridine rings is 1. The van der Waals surface area contributed by atoms with Crippen molar-refractivity contribution in [2.75, 3.05) is 25.5 Å². The van der Waals surface area contributed by atoms with E-state index >= 15 is 0 Å². The molecule has 1 aromatic heterocycles. The second-order valence-electron chi connectivity index (χ2n) is 9.91. The number of nitrogens with zero attached hydrogens (tertiary/aromatic N) is 3. The fourth-order valence-corrected chi connectivity index (χ4v) is 5.69. The van der Waals surface area contributed by atoms with Crippen LogP contribution in [0.2, 0.25) is 0 Å². The van der Waals surface area contributed by atoms with Gasteiger partial charge in [0.05, 0.1) is 24.0 Å². The summed E-state index contributed by atoms with van der Waals surface area (Å²) in [7, 11) is 6.95. The maximum absolute atomic E-state index is 14.0. The molecule has 2 aromatic rings. The molecule has 11 heteroatoms. The van der Waals surface area contributed by atoms with Crippen molar-refractivity contribution in [2.45, 2.75) is 55.0 Å². The molecule has 2 heterocycles. The zero-order valence-corrected chi connectivity index (χ0v) is 22.2. The highest BCUT2D eigenvalue weighted by Gasteiger charge is 2.50. The summed E-state index contributed by atoms with van der Waals surface area (Å²) in [5.41, 5.74) is -5.65. The number of carbonyl (C=O) groups is 1. The van der Waals surface area contributed by atoms with Gasteiger partial charge in [-0.3, -0.25) is 14.8 Å². The molecule has 2 unspecified atom stereocenters. The monoisotopic (exact) mass is 528 g/mol. The van der Waals surface area contributed by atoms with Gasteiger partial charge in [-0.15, -0.1) is 0 Å². The Bertz CT molecular complexity index is 1130. The summed E-state index contributed by atoms with van der Waals surface area (Å²) < 4.78 is 55.2. The number of aryl methyl sites for hydroxylation is 1. The first-order chi connectivity index (χ1) is 16.2. The van der Waals surface area contributed by atoms with Crippen LogP contribution in [0.25, 0.3) is 0 Å². The van der Waals surface area contributed by atoms with E-state index in [2.05, 4.69) is 15.2 Å². The van der Waals surface area contributed by atoms with E-state index in [1.54, 1.807) is 33.2 Å². The number of carbonyl (C=O) groups excluding carboxylic acids is 1. The zero-order chi connectivity index (χ0) is 25.8. The number of rotatable bonds is 5. The Balaban J connectivity index is 1.57. The lowest BCUT2D eigenvalue weighted by Crippen LogP contribution is -2.54. The first-order valence-electron chi connectivity index (χ1n) is 11.4. The largest absolute Gasteiger partial charge is 0.330 e. The van der Waals surface area contributed by atoms with Crippen molar-refractivity contribution in [1.29, 1.82) is 0 Å². The van der Waals surface area contributed by atoms with E-state index in [1.807, 2.05) is 20.2 Å². The molecule has 5 nitrogen and oxygen atoms in total. The Kier molecular flexibility index (Phi) is 6.70. The number of nitrogens with one attached hydrogen (secondary N) is 1. The Hall–Kier alpha value is -1.82. The highest BCUT2D eigenvalue weighted by molar-refractivity contribution is 7.17. The molecule has 2 fully saturated rings. The van der Waals surface area contributed by atoms with Crippen LogP contribution in [0, 0.1) is 6.92 Å². The van der Waals surface area contributed by atoms with Crippen LogP contribution in [0.1, 0.15) is 48.1 Å². The van der Waals surface area contributed by atoms with Crippen LogP contribution in [-0.4, -0.2) is 42.1 Å². The van der Waals surface area contributed by atoms with Gasteiger partial charge in [-0.1, -0.05) is 36.7 Å². The normalized spacial score (nSPS) is 25.4. The summed E-state index contributed by atoms with van der Waals surface area (Å²) >= 11 is 0. The number of halogens is 4. The third kappa shape index (κ3) is 4.92. The molecule has 1 aromatic carbocycles. The van der Waals surface area contributed by atoms with Crippen molar-refractivity contribution in [3.05, 3.63) is 58.9 Å². The molecule has 2 atom stereocenters. The van der Waals surface area contributed by atoms with E-state index in [4.69, 9.17) is 0 Å². The van der Waals surface area contributed by atoms with Gasteiger partial charge in [0.1, 0.15) is 5.69 Å². The van der Waals surface area contributed by atoms with Crippen molar-refractivity contribution < 1.29 is 22.4 Å². The molecule has 2 amide bonds. The van der Waals surface area contributed by atoms with Crippen LogP contribution in [0.5, 0.6) is 0 Å². The number of alkyl halides is 4. The van der Waals surface area contributed by atoms with Crippen molar-refractivity contribution in [1.82, 2.24) is 15.2 Å². The van der Waals surface area contributed by atoms with Crippen LogP contribution in [0.4, 0.5) is 28.0 Å². The Morgan fingerprint density at radius 3 is 2.26 bits per heavy atom. The van der Waals surface area contributed by atoms with Gasteiger partial charge in [0.2, 0.25) is 0 Å². The predicted octanol–water partition coefficient (Wildman–Crippen LogP) is 5.54. The fourth-order valence-electron chi connectivity index (χ4n) is 5.35. The van der Waals surface area contributed by atoms with Crippen LogP contribution < -0.4 is 10.2 Å². The number of aromatic nitrogens is 1. The summed E-state index contributed by atoms with van der Waals surface area (Å²) in [6.45, 7) is 2.07. The number of anilines is 1. The summed E-state index contributed by atoms with van der Waals surface area (Å²) in [6.07, 6.45) is 3.93. The molecule has 35 heavy (non-hydrogen) atoms. The van der Waals surface area contributed by atoms with E-state index < -0.39 is 22.4 Å². The first kappa shape index (κ1) is 26.2. The molecule has 190 valence electrons. The Labute approximate surface area is 207 Å². The lowest BCUT2D eigenvalue weighted by Gasteiger charge is -2.48. The van der Waals surface area contributed by atoms with E-state index in [-0.39, 0.29) is 17.3 Å². The van der Waals surface area contributed by atoms with Gasteiger partial charge >= 0.3 is 6.03 Å². The van der Waals surface area contributed by atoms with Gasteiger partial charge in [0.15, 0.2) is 0 Å². The topological polar surface area (TPSA) is 48.5 Å². The Morgan fingerprint density at radius 1 is 1.06 bits per heavy atom. The molecule has 2 aliphatic rings. The summed E-state index contributed by atoms with van der Waals surface area (Å²) in [6, 6.07) is 7.55. The molecule has 1 aliphatic heterocycles. The number of benzene rings is 1. The third-order valence-electron chi connectivity index (χ3n) is 7.47. The van der Waals surface area contributed by atoms with E-state index in [0.717, 1.165) is 5.56 Å². The quantitative estimate of drug-likeness (QED) is 0.410. The first-order valence-corrected chi connectivity index (χ1v) is 12.5. The zero-order valence-electron chi connectivity index (χ0n) is 19.9. The molecule has 1 aliphatic carbocycles. The van der Waals surface area contributed by atoms with Gasteiger partial charge in [-0.2, -0.15) is 17.6 Å². The van der Waals surface area contributed by atoms with Crippen molar-refractivity contribution in [2.24, 2.45) is 0 Å². The minimum absolute atomic E-state index is 0.0515. The molecule has 1 N–H and O–H groups in total. The van der Waals surface area contributed by atoms with E-state index in [0.29, 0.717) is 43.5 Å². The highest BCUT2D eigenvalue weighted by atomic mass is 31.0. The van der Waals surface area contributed by atoms with E-state index in [1.165, 1.54) is 27.6 Å². The lowest BCUT2D eigenvalue weighted by molar-refractivity contribution is 0.0646. The fraction of sp³-hybridized carbons (Fsp3) is 0.500. The third-order valence-corrected chi connectivity index (χ3v) is 8.10. The number of hydrogen-bond donors (Lipinski definition) is 1. The van der Waals surface area contributed by atoms with Gasteiger partial charge in [0.25, 0.3) is 11.3 Å². The SMILES string of the molecule is Cc1cc(C(F)(F)P)ncc1N1C[C@]2(CC[C@](c3cccc(C(F)(F)P)c3)(N(C)C)CC2)NC1=O. The van der Waals surface area contributed by atoms with Crippen LogP contribution in [0.15, 0.2) is 36.5 Å². The molecular weight excluding hydrogens is 498 g/mol. The molecule has 1 spiro atoms. The molecule has 0 bridgehead atoms. The summed E-state index contributed by atoms with van der Waals surface area (Å²) in [5, 5.41) is 3.12. The molecular formula is C24H30F4N4OP2. The maximum atomic E-state index is 14.0. The predicted molar refractivity (Wildman–Crippen MR) is 135 cm³/mol. The number of urea groups is 1. The van der Waals surface area contributed by atoms with Gasteiger partial charge in [-0.05, 0) is 70.0 Å². The van der Waals surface area contributed by atoms with Gasteiger partial charge in [-0.25, -0.2) is 4.79 Å². The second-order valence-corrected chi connectivity index (χ2v) is 11.4. The average molecular weight is 528 g/mol. The Morgan fingerprint density at radius 2 is 1.71 bits per heavy atom. The molecule has 1 saturated heterocycles. The minimum Gasteiger partial charge on any atom is -0.330 e. The summed E-state index contributed by atoms with van der Waals surface area (Å²) in [5.74, 6) is 0. The summed E-state index contributed by atoms with van der Waals surface area (Å²) in [4.78, 5) is 20.5. The minimum atomic E-state index is -3.14. The molecule has 4 rings (SSSR count). The van der Waals surface area contributed by atoms with Crippen LogP contribution >= 0.6 is 18.5 Å². The van der Waals surface area contributed by atoms with Crippen molar-refractivity contribution in [3.63, 3.8) is 0 Å². The number of amides is 2. The standard InChI is InChI=1S/C24H30F4N4OP2/c1-15-11-19(24(27,28)35)29-13-18(15)32-14-21(30-20(32)33)7-9-22(10-8-21,31(2)3)16-5-4-6-17(12-16)23(25,26)34/h4-6,11-13H,7-10,14,34-35H2,1-3H3,(H,30,33)/t21-,22+. The maximum Gasteiger partial charge on any atom is 0.322 e. The molecule has 1 saturated carbocycles. The van der Waals surface area contributed by atoms with Gasteiger partial charge in [0, 0.05) is 11.1 Å². The van der Waals surface area contributed by atoms with Crippen molar-refractivity contribution >= 4 is 30.2 Å². The van der Waals surface area contributed by atoms with E-state index in [9.17, 15) is 22.4 Å². The second kappa shape index (κ2) is 8.93.